The van der Waals surface area contributed by atoms with Gasteiger partial charge in [0.2, 0.25) is 0 Å². The van der Waals surface area contributed by atoms with Gasteiger partial charge < -0.3 is 10.3 Å². The molecule has 0 bridgehead atoms. The molecule has 1 aromatic rings. The average molecular weight is 246 g/mol. The van der Waals surface area contributed by atoms with Crippen LogP contribution < -0.4 is 10.0 Å². The van der Waals surface area contributed by atoms with Crippen LogP contribution in [0.5, 0.6) is 0 Å². The zero-order valence-electron chi connectivity index (χ0n) is 9.74. The molecule has 0 fully saturated rings. The van der Waals surface area contributed by atoms with Crippen LogP contribution in [0.1, 0.15) is 19.7 Å². The normalized spacial score (nSPS) is 13.9. The number of aryl methyl sites for hydroxylation is 1. The van der Waals surface area contributed by atoms with E-state index in [1.807, 2.05) is 13.8 Å². The first kappa shape index (κ1) is 13.1. The molecule has 16 heavy (non-hydrogen) atoms. The van der Waals surface area contributed by atoms with Gasteiger partial charge in [-0.3, -0.25) is 0 Å². The van der Waals surface area contributed by atoms with Crippen LogP contribution in [0, 0.1) is 0 Å². The van der Waals surface area contributed by atoms with Crippen molar-refractivity contribution < 1.29 is 8.42 Å². The molecule has 0 aliphatic carbocycles. The van der Waals surface area contributed by atoms with Gasteiger partial charge in [0.25, 0.3) is 10.0 Å². The fourth-order valence-corrected chi connectivity index (χ4v) is 2.14. The summed E-state index contributed by atoms with van der Waals surface area (Å²) in [5.74, 6) is 0.669. The lowest BCUT2D eigenvalue weighted by atomic mass is 10.4. The SMILES string of the molecule is CCc1ncc(S(=O)(=O)NCC(C)NC)[nH]1. The topological polar surface area (TPSA) is 86.9 Å². The molecule has 92 valence electrons. The molecular weight excluding hydrogens is 228 g/mol. The number of rotatable bonds is 6. The van der Waals surface area contributed by atoms with E-state index in [-0.39, 0.29) is 11.1 Å². The number of nitrogens with zero attached hydrogens (tertiary/aromatic N) is 1. The molecule has 0 radical (unpaired) electrons. The molecule has 0 spiro atoms. The van der Waals surface area contributed by atoms with E-state index in [1.54, 1.807) is 7.05 Å². The van der Waals surface area contributed by atoms with Crippen molar-refractivity contribution in [2.24, 2.45) is 0 Å². The molecule has 1 atom stereocenters. The van der Waals surface area contributed by atoms with Crippen LogP contribution in [0.3, 0.4) is 0 Å². The number of imidazole rings is 1. The molecule has 1 rings (SSSR count). The molecule has 1 unspecified atom stereocenters. The first-order chi connectivity index (χ1) is 7.49. The van der Waals surface area contributed by atoms with Gasteiger partial charge in [-0.1, -0.05) is 6.92 Å². The highest BCUT2D eigenvalue weighted by atomic mass is 32.2. The highest BCUT2D eigenvalue weighted by molar-refractivity contribution is 7.89. The van der Waals surface area contributed by atoms with Crippen LogP contribution in [0.4, 0.5) is 0 Å². The summed E-state index contributed by atoms with van der Waals surface area (Å²) in [6, 6.07) is 0.0864. The van der Waals surface area contributed by atoms with Crippen LogP contribution in [-0.4, -0.2) is 38.0 Å². The lowest BCUT2D eigenvalue weighted by Crippen LogP contribution is -2.37. The standard InChI is InChI=1S/C9H18N4O2S/c1-4-8-11-6-9(13-8)16(14,15)12-5-7(2)10-3/h6-7,10,12H,4-5H2,1-3H3,(H,11,13). The van der Waals surface area contributed by atoms with Gasteiger partial charge in [0.05, 0.1) is 6.20 Å². The number of aromatic nitrogens is 2. The minimum absolute atomic E-state index is 0.0864. The Balaban J connectivity index is 2.70. The molecular formula is C9H18N4O2S. The van der Waals surface area contributed by atoms with Crippen LogP contribution in [0.2, 0.25) is 0 Å². The summed E-state index contributed by atoms with van der Waals surface area (Å²) in [6.45, 7) is 4.15. The number of sulfonamides is 1. The number of hydrogen-bond donors (Lipinski definition) is 3. The summed E-state index contributed by atoms with van der Waals surface area (Å²) < 4.78 is 26.0. The maximum Gasteiger partial charge on any atom is 0.257 e. The van der Waals surface area contributed by atoms with Crippen LogP contribution >= 0.6 is 0 Å². The molecule has 6 nitrogen and oxygen atoms in total. The first-order valence-electron chi connectivity index (χ1n) is 5.20. The summed E-state index contributed by atoms with van der Waals surface area (Å²) in [7, 11) is -1.68. The maximum absolute atomic E-state index is 11.8. The minimum atomic E-state index is -3.46. The number of nitrogens with one attached hydrogen (secondary N) is 3. The Labute approximate surface area is 95.9 Å². The van der Waals surface area contributed by atoms with E-state index < -0.39 is 10.0 Å². The van der Waals surface area contributed by atoms with Gasteiger partial charge in [-0.05, 0) is 14.0 Å². The van der Waals surface area contributed by atoms with Crippen molar-refractivity contribution in [3.8, 4) is 0 Å². The second-order valence-electron chi connectivity index (χ2n) is 3.59. The molecule has 0 amide bonds. The summed E-state index contributed by atoms with van der Waals surface area (Å²) in [4.78, 5) is 6.72. The second-order valence-corrected chi connectivity index (χ2v) is 5.32. The Morgan fingerprint density at radius 2 is 2.25 bits per heavy atom. The first-order valence-corrected chi connectivity index (χ1v) is 6.68. The van der Waals surface area contributed by atoms with Crippen molar-refractivity contribution in [1.82, 2.24) is 20.0 Å². The van der Waals surface area contributed by atoms with Gasteiger partial charge in [-0.25, -0.2) is 18.1 Å². The molecule has 0 aliphatic heterocycles. The Kier molecular flexibility index (Phi) is 4.45. The molecule has 0 aromatic carbocycles. The molecule has 3 N–H and O–H groups in total. The predicted molar refractivity (Wildman–Crippen MR) is 61.7 cm³/mol. The van der Waals surface area contributed by atoms with E-state index >= 15 is 0 Å². The molecule has 0 aliphatic rings. The van der Waals surface area contributed by atoms with Gasteiger partial charge in [-0.2, -0.15) is 0 Å². The smallest absolute Gasteiger partial charge is 0.257 e. The summed E-state index contributed by atoms with van der Waals surface area (Å²) in [5, 5.41) is 3.07. The Hall–Kier alpha value is -0.920. The highest BCUT2D eigenvalue weighted by Gasteiger charge is 2.17. The molecule has 1 heterocycles. The third-order valence-corrected chi connectivity index (χ3v) is 3.64. The average Bonchev–Trinajstić information content (AvgIpc) is 2.75. The fourth-order valence-electron chi connectivity index (χ4n) is 1.07. The summed E-state index contributed by atoms with van der Waals surface area (Å²) in [5.41, 5.74) is 0. The van der Waals surface area contributed by atoms with E-state index in [4.69, 9.17) is 0 Å². The number of hydrogen-bond acceptors (Lipinski definition) is 4. The van der Waals surface area contributed by atoms with Gasteiger partial charge in [0, 0.05) is 19.0 Å². The maximum atomic E-state index is 11.8. The minimum Gasteiger partial charge on any atom is -0.332 e. The van der Waals surface area contributed by atoms with Crippen molar-refractivity contribution in [2.45, 2.75) is 31.3 Å². The van der Waals surface area contributed by atoms with Crippen molar-refractivity contribution in [2.75, 3.05) is 13.6 Å². The van der Waals surface area contributed by atoms with E-state index in [1.165, 1.54) is 6.20 Å². The zero-order valence-corrected chi connectivity index (χ0v) is 10.6. The second kappa shape index (κ2) is 5.42. The lowest BCUT2D eigenvalue weighted by molar-refractivity contribution is 0.552. The van der Waals surface area contributed by atoms with Gasteiger partial charge in [0.15, 0.2) is 5.03 Å². The van der Waals surface area contributed by atoms with Crippen LogP contribution in [0.15, 0.2) is 11.2 Å². The van der Waals surface area contributed by atoms with Crippen molar-refractivity contribution in [3.05, 3.63) is 12.0 Å². The third-order valence-electron chi connectivity index (χ3n) is 2.30. The number of likely N-dealkylation sites (N-methyl/N-ethyl adjacent to an activating group) is 1. The van der Waals surface area contributed by atoms with Gasteiger partial charge in [0.1, 0.15) is 5.82 Å². The van der Waals surface area contributed by atoms with Gasteiger partial charge in [-0.15, -0.1) is 0 Å². The Morgan fingerprint density at radius 1 is 1.56 bits per heavy atom. The molecule has 0 saturated carbocycles. The Bertz CT molecular complexity index is 426. The van der Waals surface area contributed by atoms with E-state index in [0.717, 1.165) is 0 Å². The Morgan fingerprint density at radius 3 is 2.75 bits per heavy atom. The number of H-pyrrole nitrogens is 1. The summed E-state index contributed by atoms with van der Waals surface area (Å²) in [6.07, 6.45) is 2.02. The quantitative estimate of drug-likeness (QED) is 0.652. The number of aromatic amines is 1. The summed E-state index contributed by atoms with van der Waals surface area (Å²) >= 11 is 0. The van der Waals surface area contributed by atoms with E-state index in [9.17, 15) is 8.42 Å². The third kappa shape index (κ3) is 3.29. The predicted octanol–water partition coefficient (Wildman–Crippen LogP) is -0.142. The highest BCUT2D eigenvalue weighted by Crippen LogP contribution is 2.05. The molecule has 0 saturated heterocycles. The molecule has 7 heteroatoms. The van der Waals surface area contributed by atoms with E-state index in [2.05, 4.69) is 20.0 Å². The fraction of sp³-hybridized carbons (Fsp3) is 0.667. The zero-order chi connectivity index (χ0) is 12.2. The largest absolute Gasteiger partial charge is 0.332 e. The lowest BCUT2D eigenvalue weighted by Gasteiger charge is -2.10. The van der Waals surface area contributed by atoms with Crippen molar-refractivity contribution >= 4 is 10.0 Å². The van der Waals surface area contributed by atoms with Crippen LogP contribution in [-0.2, 0) is 16.4 Å². The van der Waals surface area contributed by atoms with Crippen molar-refractivity contribution in [1.29, 1.82) is 0 Å². The van der Waals surface area contributed by atoms with Gasteiger partial charge >= 0.3 is 0 Å². The van der Waals surface area contributed by atoms with Crippen molar-refractivity contribution in [3.63, 3.8) is 0 Å². The molecule has 1 aromatic heterocycles. The monoisotopic (exact) mass is 246 g/mol. The van der Waals surface area contributed by atoms with Crippen LogP contribution in [0.25, 0.3) is 0 Å². The van der Waals surface area contributed by atoms with E-state index in [0.29, 0.717) is 18.8 Å².